The van der Waals surface area contributed by atoms with Crippen molar-refractivity contribution in [3.63, 3.8) is 0 Å². The fourth-order valence-corrected chi connectivity index (χ4v) is 7.69. The Morgan fingerprint density at radius 2 is 0.629 bits per heavy atom. The molecule has 1 atom stereocenters. The summed E-state index contributed by atoms with van der Waals surface area (Å²) in [5, 5.41) is 0. The normalized spacial score (nSPS) is 12.4. The van der Waals surface area contributed by atoms with Gasteiger partial charge in [-0.3, -0.25) is 14.4 Å². The van der Waals surface area contributed by atoms with Crippen molar-refractivity contribution in [2.45, 2.75) is 277 Å². The molecule has 0 spiro atoms. The molecule has 0 aliphatic carbocycles. The molecule has 0 rings (SSSR count). The zero-order valence-electron chi connectivity index (χ0n) is 41.1. The van der Waals surface area contributed by atoms with E-state index in [0.717, 1.165) is 70.6 Å². The molecule has 6 nitrogen and oxygen atoms in total. The lowest BCUT2D eigenvalue weighted by atomic mass is 10.0. The summed E-state index contributed by atoms with van der Waals surface area (Å²) in [5.74, 6) is -0.910. The molecule has 0 aliphatic heterocycles. The number of hydrogen-bond donors (Lipinski definition) is 0. The molecule has 0 aromatic rings. The van der Waals surface area contributed by atoms with Crippen molar-refractivity contribution in [2.75, 3.05) is 13.2 Å². The summed E-state index contributed by atoms with van der Waals surface area (Å²) in [6.45, 7) is 6.49. The van der Waals surface area contributed by atoms with Crippen LogP contribution in [-0.4, -0.2) is 37.2 Å². The predicted octanol–water partition coefficient (Wildman–Crippen LogP) is 17.5. The smallest absolute Gasteiger partial charge is 0.306 e. The van der Waals surface area contributed by atoms with E-state index in [0.29, 0.717) is 19.3 Å². The highest BCUT2D eigenvalue weighted by molar-refractivity contribution is 5.71. The maximum atomic E-state index is 12.8. The highest BCUT2D eigenvalue weighted by Crippen LogP contribution is 2.16. The first kappa shape index (κ1) is 59.4. The van der Waals surface area contributed by atoms with Crippen molar-refractivity contribution < 1.29 is 28.6 Å². The Bertz CT molecular complexity index is 1090. The highest BCUT2D eigenvalue weighted by Gasteiger charge is 2.19. The van der Waals surface area contributed by atoms with E-state index in [1.54, 1.807) is 0 Å². The second kappa shape index (κ2) is 51.0. The van der Waals surface area contributed by atoms with E-state index in [4.69, 9.17) is 14.2 Å². The van der Waals surface area contributed by atoms with Gasteiger partial charge in [0.1, 0.15) is 13.2 Å². The fraction of sp³-hybridized carbons (Fsp3) is 0.804. The second-order valence-electron chi connectivity index (χ2n) is 17.9. The van der Waals surface area contributed by atoms with Crippen LogP contribution >= 0.6 is 0 Å². The summed E-state index contributed by atoms with van der Waals surface area (Å²) in [6, 6.07) is 0. The lowest BCUT2D eigenvalue weighted by molar-refractivity contribution is -0.167. The van der Waals surface area contributed by atoms with Crippen LogP contribution < -0.4 is 0 Å². The minimum absolute atomic E-state index is 0.0818. The first-order valence-electron chi connectivity index (χ1n) is 26.7. The third-order valence-electron chi connectivity index (χ3n) is 11.7. The molecule has 1 unspecified atom stereocenters. The van der Waals surface area contributed by atoms with E-state index in [2.05, 4.69) is 39.0 Å². The third-order valence-corrected chi connectivity index (χ3v) is 11.7. The Labute approximate surface area is 384 Å². The lowest BCUT2D eigenvalue weighted by Crippen LogP contribution is -2.30. The number of unbranched alkanes of at least 4 members (excludes halogenated alkanes) is 32. The minimum Gasteiger partial charge on any atom is -0.462 e. The largest absolute Gasteiger partial charge is 0.462 e. The first-order chi connectivity index (χ1) is 30.5. The molecule has 0 saturated carbocycles. The number of allylic oxidation sites excluding steroid dienone is 8. The molecule has 0 fully saturated rings. The molecule has 0 aliphatic rings. The van der Waals surface area contributed by atoms with Gasteiger partial charge < -0.3 is 14.2 Å². The number of rotatable bonds is 48. The Morgan fingerprint density at radius 3 is 0.984 bits per heavy atom. The lowest BCUT2D eigenvalue weighted by Gasteiger charge is -2.18. The van der Waals surface area contributed by atoms with Crippen LogP contribution in [0, 0.1) is 0 Å². The van der Waals surface area contributed by atoms with Gasteiger partial charge in [0, 0.05) is 19.3 Å². The van der Waals surface area contributed by atoms with Gasteiger partial charge in [0.15, 0.2) is 6.10 Å². The van der Waals surface area contributed by atoms with E-state index >= 15 is 0 Å². The van der Waals surface area contributed by atoms with E-state index in [1.807, 2.05) is 30.4 Å². The standard InChI is InChI=1S/C56H100O6/c1-4-7-10-13-16-19-22-25-27-29-31-34-37-40-43-46-49-55(58)61-52-53(51-60-54(57)48-45-42-39-36-33-30-24-21-18-15-12-9-6-3)62-56(59)50-47-44-41-38-35-32-28-26-23-20-17-14-11-8-5-2/h9,12,15,18,21,24,30,33,53H,4-8,10-11,13-14,16-17,19-20,22-23,25-29,31-32,34-52H2,1-3H3/b12-9+,18-15+,24-21+,33-30+. The molecule has 0 N–H and O–H groups in total. The number of carbonyl (C=O) groups is 3. The molecule has 0 saturated heterocycles. The van der Waals surface area contributed by atoms with Crippen molar-refractivity contribution in [3.8, 4) is 0 Å². The Hall–Kier alpha value is -2.63. The van der Waals surface area contributed by atoms with E-state index < -0.39 is 6.10 Å². The third kappa shape index (κ3) is 48.4. The number of esters is 3. The fourth-order valence-electron chi connectivity index (χ4n) is 7.69. The van der Waals surface area contributed by atoms with Crippen LogP contribution in [-0.2, 0) is 28.6 Å². The summed E-state index contributed by atoms with van der Waals surface area (Å²) in [5.41, 5.74) is 0. The van der Waals surface area contributed by atoms with Gasteiger partial charge in [-0.15, -0.1) is 0 Å². The van der Waals surface area contributed by atoms with Crippen molar-refractivity contribution in [2.24, 2.45) is 0 Å². The molecule has 360 valence electrons. The second-order valence-corrected chi connectivity index (χ2v) is 17.9. The summed E-state index contributed by atoms with van der Waals surface area (Å²) in [7, 11) is 0. The zero-order chi connectivity index (χ0) is 45.1. The van der Waals surface area contributed by atoms with Crippen LogP contribution in [0.3, 0.4) is 0 Å². The highest BCUT2D eigenvalue weighted by atomic mass is 16.6. The molecular formula is C56H100O6. The summed E-state index contributed by atoms with van der Waals surface area (Å²) in [4.78, 5) is 38.0. The van der Waals surface area contributed by atoms with Crippen LogP contribution in [0.4, 0.5) is 0 Å². The molecule has 0 heterocycles. The van der Waals surface area contributed by atoms with Crippen LogP contribution in [0.2, 0.25) is 0 Å². The quantitative estimate of drug-likeness (QED) is 0.0262. The van der Waals surface area contributed by atoms with Crippen molar-refractivity contribution in [1.29, 1.82) is 0 Å². The first-order valence-corrected chi connectivity index (χ1v) is 26.7. The Balaban J connectivity index is 4.38. The van der Waals surface area contributed by atoms with Crippen LogP contribution in [0.5, 0.6) is 0 Å². The SMILES string of the molecule is CC/C=C/C=C/C=C/C=C/CCCCCC(=O)OCC(COC(=O)CCCCCCCCCCCCCCCCCC)OC(=O)CCCCCCCCCCCCCCCCC. The van der Waals surface area contributed by atoms with Crippen LogP contribution in [0.1, 0.15) is 271 Å². The predicted molar refractivity (Wildman–Crippen MR) is 265 cm³/mol. The number of ether oxygens (including phenoxy) is 3. The van der Waals surface area contributed by atoms with Gasteiger partial charge in [0.25, 0.3) is 0 Å². The van der Waals surface area contributed by atoms with Gasteiger partial charge in [-0.1, -0.05) is 262 Å². The minimum atomic E-state index is -0.784. The van der Waals surface area contributed by atoms with Crippen molar-refractivity contribution in [1.82, 2.24) is 0 Å². The average Bonchev–Trinajstić information content (AvgIpc) is 3.27. The summed E-state index contributed by atoms with van der Waals surface area (Å²) >= 11 is 0. The molecule has 0 aromatic heterocycles. The van der Waals surface area contributed by atoms with E-state index in [9.17, 15) is 14.4 Å². The molecule has 0 radical (unpaired) electrons. The molecular weight excluding hydrogens is 769 g/mol. The van der Waals surface area contributed by atoms with Gasteiger partial charge in [-0.05, 0) is 38.5 Å². The Kier molecular flexibility index (Phi) is 48.8. The number of hydrogen-bond acceptors (Lipinski definition) is 6. The summed E-state index contributed by atoms with van der Waals surface area (Å²) in [6.07, 6.45) is 61.0. The van der Waals surface area contributed by atoms with Gasteiger partial charge in [0.05, 0.1) is 0 Å². The van der Waals surface area contributed by atoms with Crippen LogP contribution in [0.15, 0.2) is 48.6 Å². The molecule has 0 aromatic carbocycles. The van der Waals surface area contributed by atoms with E-state index in [-0.39, 0.29) is 31.1 Å². The van der Waals surface area contributed by atoms with Gasteiger partial charge in [0.2, 0.25) is 0 Å². The van der Waals surface area contributed by atoms with Gasteiger partial charge in [-0.2, -0.15) is 0 Å². The van der Waals surface area contributed by atoms with Crippen molar-refractivity contribution in [3.05, 3.63) is 48.6 Å². The van der Waals surface area contributed by atoms with Crippen molar-refractivity contribution >= 4 is 17.9 Å². The monoisotopic (exact) mass is 869 g/mol. The van der Waals surface area contributed by atoms with E-state index in [1.165, 1.54) is 161 Å². The topological polar surface area (TPSA) is 78.9 Å². The summed E-state index contributed by atoms with van der Waals surface area (Å²) < 4.78 is 16.8. The maximum absolute atomic E-state index is 12.8. The zero-order valence-corrected chi connectivity index (χ0v) is 41.1. The number of carbonyl (C=O) groups excluding carboxylic acids is 3. The molecule has 0 bridgehead atoms. The molecule has 62 heavy (non-hydrogen) atoms. The van der Waals surface area contributed by atoms with Crippen LogP contribution in [0.25, 0.3) is 0 Å². The van der Waals surface area contributed by atoms with Gasteiger partial charge >= 0.3 is 17.9 Å². The maximum Gasteiger partial charge on any atom is 0.306 e. The Morgan fingerprint density at radius 1 is 0.339 bits per heavy atom. The molecule has 6 heteroatoms. The molecule has 0 amide bonds. The van der Waals surface area contributed by atoms with Gasteiger partial charge in [-0.25, -0.2) is 0 Å². The average molecular weight is 869 g/mol.